The van der Waals surface area contributed by atoms with Gasteiger partial charge in [-0.05, 0) is 36.9 Å². The van der Waals surface area contributed by atoms with Crippen LogP contribution in [0.25, 0.3) is 0 Å². The zero-order valence-electron chi connectivity index (χ0n) is 12.5. The second-order valence-corrected chi connectivity index (χ2v) is 5.89. The van der Waals surface area contributed by atoms with Crippen molar-refractivity contribution >= 4 is 0 Å². The Kier molecular flexibility index (Phi) is 4.69. The monoisotopic (exact) mass is 280 g/mol. The molecule has 1 saturated heterocycles. The maximum absolute atomic E-state index is 5.99. The molecule has 1 aliphatic rings. The van der Waals surface area contributed by atoms with Gasteiger partial charge >= 0.3 is 0 Å². The molecule has 1 aliphatic heterocycles. The van der Waals surface area contributed by atoms with Gasteiger partial charge in [0.25, 0.3) is 0 Å². The minimum absolute atomic E-state index is 0.435. The molecule has 0 aromatic heterocycles. The average Bonchev–Trinajstić information content (AvgIpc) is 3.03. The summed E-state index contributed by atoms with van der Waals surface area (Å²) in [5.74, 6) is 0. The van der Waals surface area contributed by atoms with Crippen LogP contribution in [0.15, 0.2) is 60.7 Å². The fourth-order valence-electron chi connectivity index (χ4n) is 3.46. The van der Waals surface area contributed by atoms with Crippen molar-refractivity contribution in [1.82, 2.24) is 4.90 Å². The van der Waals surface area contributed by atoms with Gasteiger partial charge in [0.1, 0.15) is 0 Å². The maximum atomic E-state index is 5.99. The molecule has 2 aromatic carbocycles. The lowest BCUT2D eigenvalue weighted by atomic mass is 9.96. The fraction of sp³-hybridized carbons (Fsp3) is 0.368. The summed E-state index contributed by atoms with van der Waals surface area (Å²) in [4.78, 5) is 2.61. The number of benzene rings is 2. The molecule has 0 spiro atoms. The standard InChI is InChI=1S/C19H24N2/c20-15-18-12-7-13-21(18)19(17-10-5-2-6-11-17)14-16-8-3-1-4-9-16/h1-6,8-11,18-19H,7,12-15,20H2. The molecule has 0 radical (unpaired) electrons. The highest BCUT2D eigenvalue weighted by atomic mass is 15.2. The Hall–Kier alpha value is -1.64. The molecule has 2 heteroatoms. The van der Waals surface area contributed by atoms with E-state index < -0.39 is 0 Å². The van der Waals surface area contributed by atoms with Gasteiger partial charge in [0.05, 0.1) is 0 Å². The van der Waals surface area contributed by atoms with Crippen LogP contribution in [0.3, 0.4) is 0 Å². The van der Waals surface area contributed by atoms with Gasteiger partial charge in [-0.1, -0.05) is 60.7 Å². The van der Waals surface area contributed by atoms with Crippen molar-refractivity contribution < 1.29 is 0 Å². The number of nitrogens with zero attached hydrogens (tertiary/aromatic N) is 1. The highest BCUT2D eigenvalue weighted by Gasteiger charge is 2.30. The van der Waals surface area contributed by atoms with Gasteiger partial charge in [0.15, 0.2) is 0 Å². The number of hydrogen-bond acceptors (Lipinski definition) is 2. The van der Waals surface area contributed by atoms with Gasteiger partial charge < -0.3 is 5.73 Å². The van der Waals surface area contributed by atoms with Crippen molar-refractivity contribution in [2.24, 2.45) is 5.73 Å². The van der Waals surface area contributed by atoms with Crippen LogP contribution in [-0.4, -0.2) is 24.0 Å². The summed E-state index contributed by atoms with van der Waals surface area (Å²) in [6.45, 7) is 1.92. The van der Waals surface area contributed by atoms with E-state index >= 15 is 0 Å². The molecular formula is C19H24N2. The van der Waals surface area contributed by atoms with Gasteiger partial charge in [-0.15, -0.1) is 0 Å². The predicted octanol–water partition coefficient (Wildman–Crippen LogP) is 3.39. The number of rotatable bonds is 5. The third kappa shape index (κ3) is 3.34. The molecule has 2 atom stereocenters. The van der Waals surface area contributed by atoms with E-state index in [0.717, 1.165) is 19.5 Å². The van der Waals surface area contributed by atoms with Crippen LogP contribution in [0.1, 0.15) is 30.0 Å². The summed E-state index contributed by atoms with van der Waals surface area (Å²) in [6, 6.07) is 22.6. The smallest absolute Gasteiger partial charge is 0.0391 e. The topological polar surface area (TPSA) is 29.3 Å². The molecule has 2 aromatic rings. The largest absolute Gasteiger partial charge is 0.329 e. The van der Waals surface area contributed by atoms with E-state index in [-0.39, 0.29) is 0 Å². The van der Waals surface area contributed by atoms with Crippen molar-refractivity contribution in [2.75, 3.05) is 13.1 Å². The Morgan fingerprint density at radius 3 is 2.33 bits per heavy atom. The van der Waals surface area contributed by atoms with Crippen LogP contribution in [-0.2, 0) is 6.42 Å². The molecule has 2 N–H and O–H groups in total. The van der Waals surface area contributed by atoms with Gasteiger partial charge in [-0.3, -0.25) is 4.90 Å². The molecule has 0 aliphatic carbocycles. The van der Waals surface area contributed by atoms with Crippen molar-refractivity contribution in [3.8, 4) is 0 Å². The lowest BCUT2D eigenvalue weighted by Gasteiger charge is -2.33. The SMILES string of the molecule is NCC1CCCN1C(Cc1ccccc1)c1ccccc1. The summed E-state index contributed by atoms with van der Waals surface area (Å²) in [7, 11) is 0. The fourth-order valence-corrected chi connectivity index (χ4v) is 3.46. The van der Waals surface area contributed by atoms with E-state index in [4.69, 9.17) is 5.73 Å². The number of likely N-dealkylation sites (tertiary alicyclic amines) is 1. The van der Waals surface area contributed by atoms with E-state index in [9.17, 15) is 0 Å². The minimum Gasteiger partial charge on any atom is -0.329 e. The molecular weight excluding hydrogens is 256 g/mol. The maximum Gasteiger partial charge on any atom is 0.0391 e. The van der Waals surface area contributed by atoms with Crippen LogP contribution in [0.2, 0.25) is 0 Å². The molecule has 3 rings (SSSR count). The first kappa shape index (κ1) is 14.3. The van der Waals surface area contributed by atoms with Gasteiger partial charge in [0.2, 0.25) is 0 Å². The Morgan fingerprint density at radius 2 is 1.67 bits per heavy atom. The van der Waals surface area contributed by atoms with E-state index in [1.807, 2.05) is 0 Å². The molecule has 2 unspecified atom stereocenters. The summed E-state index contributed by atoms with van der Waals surface area (Å²) in [5, 5.41) is 0. The summed E-state index contributed by atoms with van der Waals surface area (Å²) < 4.78 is 0. The zero-order chi connectivity index (χ0) is 14.5. The van der Waals surface area contributed by atoms with E-state index in [0.29, 0.717) is 12.1 Å². The Labute approximate surface area is 127 Å². The van der Waals surface area contributed by atoms with Crippen molar-refractivity contribution in [3.05, 3.63) is 71.8 Å². The molecule has 1 fully saturated rings. The molecule has 110 valence electrons. The molecule has 0 bridgehead atoms. The van der Waals surface area contributed by atoms with Gasteiger partial charge in [-0.2, -0.15) is 0 Å². The normalized spacial score (nSPS) is 20.5. The summed E-state index contributed by atoms with van der Waals surface area (Å²) >= 11 is 0. The second-order valence-electron chi connectivity index (χ2n) is 5.89. The van der Waals surface area contributed by atoms with Gasteiger partial charge in [0, 0.05) is 18.6 Å². The number of hydrogen-bond donors (Lipinski definition) is 1. The van der Waals surface area contributed by atoms with Crippen LogP contribution < -0.4 is 5.73 Å². The summed E-state index contributed by atoms with van der Waals surface area (Å²) in [6.07, 6.45) is 3.55. The molecule has 0 saturated carbocycles. The first-order valence-electron chi connectivity index (χ1n) is 7.93. The Balaban J connectivity index is 1.88. The lowest BCUT2D eigenvalue weighted by Crippen LogP contribution is -2.39. The second kappa shape index (κ2) is 6.88. The lowest BCUT2D eigenvalue weighted by molar-refractivity contribution is 0.182. The van der Waals surface area contributed by atoms with Crippen molar-refractivity contribution in [3.63, 3.8) is 0 Å². The highest BCUT2D eigenvalue weighted by Crippen LogP contribution is 2.31. The van der Waals surface area contributed by atoms with Crippen LogP contribution in [0.4, 0.5) is 0 Å². The quantitative estimate of drug-likeness (QED) is 0.909. The van der Waals surface area contributed by atoms with Crippen molar-refractivity contribution in [1.29, 1.82) is 0 Å². The molecule has 21 heavy (non-hydrogen) atoms. The average molecular weight is 280 g/mol. The number of nitrogens with two attached hydrogens (primary N) is 1. The molecule has 0 amide bonds. The summed E-state index contributed by atoms with van der Waals surface area (Å²) in [5.41, 5.74) is 8.79. The van der Waals surface area contributed by atoms with E-state index in [1.54, 1.807) is 0 Å². The minimum atomic E-state index is 0.435. The van der Waals surface area contributed by atoms with E-state index in [1.165, 1.54) is 24.0 Å². The van der Waals surface area contributed by atoms with E-state index in [2.05, 4.69) is 65.6 Å². The Morgan fingerprint density at radius 1 is 1.00 bits per heavy atom. The predicted molar refractivity (Wildman–Crippen MR) is 88.1 cm³/mol. The first-order valence-corrected chi connectivity index (χ1v) is 7.93. The molecule has 1 heterocycles. The Bertz CT molecular complexity index is 538. The molecule has 2 nitrogen and oxygen atoms in total. The van der Waals surface area contributed by atoms with Crippen LogP contribution in [0, 0.1) is 0 Å². The highest BCUT2D eigenvalue weighted by molar-refractivity contribution is 5.24. The van der Waals surface area contributed by atoms with Crippen LogP contribution in [0.5, 0.6) is 0 Å². The third-order valence-corrected chi connectivity index (χ3v) is 4.55. The first-order chi connectivity index (χ1) is 10.4. The van der Waals surface area contributed by atoms with Crippen LogP contribution >= 0.6 is 0 Å². The third-order valence-electron chi connectivity index (χ3n) is 4.55. The van der Waals surface area contributed by atoms with Gasteiger partial charge in [-0.25, -0.2) is 0 Å². The zero-order valence-corrected chi connectivity index (χ0v) is 12.5. The van der Waals surface area contributed by atoms with Crippen molar-refractivity contribution in [2.45, 2.75) is 31.3 Å².